The number of hydrogen-bond acceptors (Lipinski definition) is 3. The van der Waals surface area contributed by atoms with Crippen molar-refractivity contribution in [3.8, 4) is 0 Å². The molecular formula is C12H24N5+. The number of anilines is 2. The predicted molar refractivity (Wildman–Crippen MR) is 71.0 cm³/mol. The third-order valence-corrected chi connectivity index (χ3v) is 3.21. The highest BCUT2D eigenvalue weighted by atomic mass is 15.3. The molecule has 0 spiro atoms. The minimum absolute atomic E-state index is 0.853. The van der Waals surface area contributed by atoms with Crippen molar-refractivity contribution in [1.29, 1.82) is 0 Å². The normalized spacial score (nSPS) is 15.7. The zero-order chi connectivity index (χ0) is 12.5. The van der Waals surface area contributed by atoms with E-state index in [4.69, 9.17) is 5.73 Å². The molecule has 17 heavy (non-hydrogen) atoms. The maximum absolute atomic E-state index is 6.12. The average molecular weight is 238 g/mol. The van der Waals surface area contributed by atoms with Crippen LogP contribution < -0.4 is 11.1 Å². The second-order valence-electron chi connectivity index (χ2n) is 5.83. The van der Waals surface area contributed by atoms with Crippen molar-refractivity contribution in [2.45, 2.75) is 25.8 Å². The Morgan fingerprint density at radius 1 is 1.35 bits per heavy atom. The first-order valence-electron chi connectivity index (χ1n) is 6.37. The highest BCUT2D eigenvalue weighted by Gasteiger charge is 2.18. The van der Waals surface area contributed by atoms with Gasteiger partial charge < -0.3 is 15.5 Å². The van der Waals surface area contributed by atoms with Gasteiger partial charge in [0.1, 0.15) is 0 Å². The molecule has 0 unspecified atom stereocenters. The van der Waals surface area contributed by atoms with Crippen LogP contribution in [0.15, 0.2) is 0 Å². The molecule has 0 amide bonds. The highest BCUT2D eigenvalue weighted by Crippen LogP contribution is 2.26. The van der Waals surface area contributed by atoms with Gasteiger partial charge in [-0.3, -0.25) is 4.68 Å². The van der Waals surface area contributed by atoms with Gasteiger partial charge in [-0.25, -0.2) is 0 Å². The van der Waals surface area contributed by atoms with Gasteiger partial charge in [0.15, 0.2) is 5.82 Å². The number of nitrogens with one attached hydrogen (secondary N) is 1. The van der Waals surface area contributed by atoms with Crippen LogP contribution in [0.5, 0.6) is 0 Å². The summed E-state index contributed by atoms with van der Waals surface area (Å²) in [5, 5.41) is 7.90. The Labute approximate surface area is 103 Å². The van der Waals surface area contributed by atoms with Crippen molar-refractivity contribution in [2.75, 3.05) is 45.3 Å². The molecule has 0 saturated carbocycles. The molecule has 0 atom stereocenters. The fraction of sp³-hybridized carbons (Fsp3) is 0.750. The molecule has 2 rings (SSSR count). The molecule has 96 valence electrons. The van der Waals surface area contributed by atoms with Crippen LogP contribution in [-0.4, -0.2) is 48.5 Å². The van der Waals surface area contributed by atoms with Crippen LogP contribution in [0, 0.1) is 0 Å². The summed E-state index contributed by atoms with van der Waals surface area (Å²) in [6, 6.07) is 0. The van der Waals surface area contributed by atoms with Crippen LogP contribution in [0.25, 0.3) is 0 Å². The second-order valence-corrected chi connectivity index (χ2v) is 5.83. The molecule has 1 aliphatic rings. The zero-order valence-corrected chi connectivity index (χ0v) is 11.2. The van der Waals surface area contributed by atoms with Gasteiger partial charge in [0, 0.05) is 6.54 Å². The summed E-state index contributed by atoms with van der Waals surface area (Å²) in [6.45, 7) is 2.97. The molecule has 0 bridgehead atoms. The van der Waals surface area contributed by atoms with Gasteiger partial charge in [-0.2, -0.15) is 5.10 Å². The number of nitrogen functional groups attached to an aromatic ring is 1. The summed E-state index contributed by atoms with van der Waals surface area (Å²) >= 11 is 0. The lowest BCUT2D eigenvalue weighted by atomic mass is 10.1. The van der Waals surface area contributed by atoms with Crippen molar-refractivity contribution < 1.29 is 4.48 Å². The van der Waals surface area contributed by atoms with E-state index in [9.17, 15) is 0 Å². The van der Waals surface area contributed by atoms with Crippen LogP contribution in [0.1, 0.15) is 18.5 Å². The fourth-order valence-corrected chi connectivity index (χ4v) is 2.15. The molecule has 5 heteroatoms. The lowest BCUT2D eigenvalue weighted by Crippen LogP contribution is -2.38. The number of nitrogens with two attached hydrogens (primary N) is 1. The Kier molecular flexibility index (Phi) is 3.28. The quantitative estimate of drug-likeness (QED) is 0.767. The summed E-state index contributed by atoms with van der Waals surface area (Å²) in [7, 11) is 6.55. The molecule has 1 aliphatic heterocycles. The van der Waals surface area contributed by atoms with Crippen LogP contribution >= 0.6 is 0 Å². The first kappa shape index (κ1) is 12.2. The van der Waals surface area contributed by atoms with Crippen LogP contribution in [0.3, 0.4) is 0 Å². The van der Waals surface area contributed by atoms with Crippen molar-refractivity contribution >= 4 is 11.5 Å². The van der Waals surface area contributed by atoms with Crippen LogP contribution in [0.2, 0.25) is 0 Å². The van der Waals surface area contributed by atoms with Gasteiger partial charge in [-0.1, -0.05) is 0 Å². The molecule has 0 saturated heterocycles. The first-order valence-corrected chi connectivity index (χ1v) is 6.37. The Morgan fingerprint density at radius 3 is 2.76 bits per heavy atom. The van der Waals surface area contributed by atoms with E-state index in [0.29, 0.717) is 0 Å². The zero-order valence-electron chi connectivity index (χ0n) is 11.2. The lowest BCUT2D eigenvalue weighted by molar-refractivity contribution is -0.868. The van der Waals surface area contributed by atoms with E-state index in [0.717, 1.165) is 42.0 Å². The Morgan fingerprint density at radius 2 is 2.12 bits per heavy atom. The molecule has 0 aliphatic carbocycles. The largest absolute Gasteiger partial charge is 0.394 e. The number of hydrogen-bond donors (Lipinski definition) is 2. The molecule has 1 aromatic rings. The van der Waals surface area contributed by atoms with Crippen molar-refractivity contribution in [3.63, 3.8) is 0 Å². The van der Waals surface area contributed by atoms with Gasteiger partial charge in [0.2, 0.25) is 0 Å². The molecular weight excluding hydrogens is 214 g/mol. The van der Waals surface area contributed by atoms with Crippen molar-refractivity contribution in [2.24, 2.45) is 0 Å². The van der Waals surface area contributed by atoms with E-state index in [2.05, 4.69) is 36.2 Å². The standard InChI is InChI=1S/C12H24N5/c1-17(2,3)9-7-14-12-11(13)10-6-4-5-8-16(10)15-12/h4-9,13H2,1-3H3,(H,14,15)/q+1. The topological polar surface area (TPSA) is 55.9 Å². The number of fused-ring (bicyclic) bond motifs is 1. The summed E-state index contributed by atoms with van der Waals surface area (Å²) in [6.07, 6.45) is 3.51. The lowest BCUT2D eigenvalue weighted by Gasteiger charge is -2.23. The maximum atomic E-state index is 6.12. The minimum Gasteiger partial charge on any atom is -0.394 e. The number of aromatic nitrogens is 2. The van der Waals surface area contributed by atoms with E-state index in [1.807, 2.05) is 0 Å². The van der Waals surface area contributed by atoms with Gasteiger partial charge >= 0.3 is 0 Å². The summed E-state index contributed by atoms with van der Waals surface area (Å²) in [5.74, 6) is 0.871. The number of aryl methyl sites for hydroxylation is 1. The highest BCUT2D eigenvalue weighted by molar-refractivity contribution is 5.64. The SMILES string of the molecule is C[N+](C)(C)CCNc1nn2c(c1N)CCCC2. The van der Waals surface area contributed by atoms with E-state index >= 15 is 0 Å². The second kappa shape index (κ2) is 4.56. The van der Waals surface area contributed by atoms with Crippen molar-refractivity contribution in [3.05, 3.63) is 5.69 Å². The average Bonchev–Trinajstić information content (AvgIpc) is 2.55. The van der Waals surface area contributed by atoms with Crippen molar-refractivity contribution in [1.82, 2.24) is 9.78 Å². The Bertz CT molecular complexity index is 388. The molecule has 0 aromatic carbocycles. The van der Waals surface area contributed by atoms with Crippen LogP contribution in [0.4, 0.5) is 11.5 Å². The smallest absolute Gasteiger partial charge is 0.171 e. The van der Waals surface area contributed by atoms with E-state index in [1.165, 1.54) is 18.5 Å². The minimum atomic E-state index is 0.853. The Balaban J connectivity index is 1.99. The molecule has 0 fully saturated rings. The molecule has 1 aromatic heterocycles. The number of rotatable bonds is 4. The van der Waals surface area contributed by atoms with E-state index < -0.39 is 0 Å². The van der Waals surface area contributed by atoms with Gasteiger partial charge in [0.25, 0.3) is 0 Å². The maximum Gasteiger partial charge on any atom is 0.171 e. The van der Waals surface area contributed by atoms with Gasteiger partial charge in [-0.15, -0.1) is 0 Å². The number of likely N-dealkylation sites (N-methyl/N-ethyl adjacent to an activating group) is 1. The van der Waals surface area contributed by atoms with E-state index in [-0.39, 0.29) is 0 Å². The van der Waals surface area contributed by atoms with Gasteiger partial charge in [0.05, 0.1) is 45.6 Å². The monoisotopic (exact) mass is 238 g/mol. The summed E-state index contributed by atoms with van der Waals surface area (Å²) in [5.41, 5.74) is 8.19. The van der Waals surface area contributed by atoms with Crippen LogP contribution in [-0.2, 0) is 13.0 Å². The Hall–Kier alpha value is -1.23. The first-order chi connectivity index (χ1) is 7.97. The number of quaternary nitrogens is 1. The summed E-state index contributed by atoms with van der Waals surface area (Å²) in [4.78, 5) is 0. The fourth-order valence-electron chi connectivity index (χ4n) is 2.15. The van der Waals surface area contributed by atoms with Gasteiger partial charge in [-0.05, 0) is 19.3 Å². The predicted octanol–water partition coefficient (Wildman–Crippen LogP) is 0.920. The van der Waals surface area contributed by atoms with E-state index in [1.54, 1.807) is 0 Å². The summed E-state index contributed by atoms with van der Waals surface area (Å²) < 4.78 is 3.01. The molecule has 3 N–H and O–H groups in total. The third kappa shape index (κ3) is 2.91. The number of nitrogens with zero attached hydrogens (tertiary/aromatic N) is 3. The molecule has 5 nitrogen and oxygen atoms in total. The third-order valence-electron chi connectivity index (χ3n) is 3.21. The molecule has 0 radical (unpaired) electrons. The molecule has 2 heterocycles.